The van der Waals surface area contributed by atoms with Crippen molar-refractivity contribution in [2.75, 3.05) is 13.1 Å². The number of amides is 1. The lowest BCUT2D eigenvalue weighted by Gasteiger charge is -2.28. The quantitative estimate of drug-likeness (QED) is 0.838. The van der Waals surface area contributed by atoms with Crippen LogP contribution in [0, 0.1) is 0 Å². The number of halogens is 1. The van der Waals surface area contributed by atoms with E-state index in [9.17, 15) is 9.90 Å². The predicted octanol–water partition coefficient (Wildman–Crippen LogP) is 1.97. The van der Waals surface area contributed by atoms with Crippen LogP contribution < -0.4 is 0 Å². The molecule has 0 atom stereocenters. The number of hydrogen-bond donors (Lipinski definition) is 1. The molecule has 0 aromatic carbocycles. The Bertz CT molecular complexity index is 384. The first-order chi connectivity index (χ1) is 7.83. The van der Waals surface area contributed by atoms with Crippen LogP contribution in [0.1, 0.15) is 31.1 Å². The molecule has 0 aliphatic carbocycles. The van der Waals surface area contributed by atoms with E-state index >= 15 is 0 Å². The van der Waals surface area contributed by atoms with E-state index in [2.05, 4.69) is 4.98 Å². The third-order valence-electron chi connectivity index (χ3n) is 2.22. The van der Waals surface area contributed by atoms with Gasteiger partial charge in [0, 0.05) is 19.3 Å². The standard InChI is InChI=1S/C12H17ClN2O2/c1-4-15(8-12(2,3)17)11(16)9-5-6-10(13)14-7-9/h5-7,17H,4,8H2,1-3H3. The minimum absolute atomic E-state index is 0.154. The summed E-state index contributed by atoms with van der Waals surface area (Å²) in [6.07, 6.45) is 1.44. The van der Waals surface area contributed by atoms with Gasteiger partial charge in [-0.1, -0.05) is 11.6 Å². The number of rotatable bonds is 4. The highest BCUT2D eigenvalue weighted by Gasteiger charge is 2.22. The van der Waals surface area contributed by atoms with Crippen LogP contribution in [-0.2, 0) is 0 Å². The summed E-state index contributed by atoms with van der Waals surface area (Å²) in [6.45, 7) is 6.02. The molecule has 0 aliphatic rings. The Labute approximate surface area is 106 Å². The summed E-state index contributed by atoms with van der Waals surface area (Å²) in [7, 11) is 0. The molecule has 0 spiro atoms. The Hall–Kier alpha value is -1.13. The van der Waals surface area contributed by atoms with E-state index in [1.165, 1.54) is 6.20 Å². The van der Waals surface area contributed by atoms with Crippen molar-refractivity contribution in [3.05, 3.63) is 29.0 Å². The fourth-order valence-corrected chi connectivity index (χ4v) is 1.59. The van der Waals surface area contributed by atoms with Gasteiger partial charge in [0.05, 0.1) is 11.2 Å². The summed E-state index contributed by atoms with van der Waals surface area (Å²) in [4.78, 5) is 17.5. The van der Waals surface area contributed by atoms with Crippen LogP contribution in [0.15, 0.2) is 18.3 Å². The molecule has 17 heavy (non-hydrogen) atoms. The third kappa shape index (κ3) is 4.32. The number of aromatic nitrogens is 1. The number of carbonyl (C=O) groups is 1. The average Bonchev–Trinajstić information content (AvgIpc) is 2.25. The summed E-state index contributed by atoms with van der Waals surface area (Å²) in [6, 6.07) is 3.21. The topological polar surface area (TPSA) is 53.4 Å². The second-order valence-corrected chi connectivity index (χ2v) is 4.89. The van der Waals surface area contributed by atoms with Crippen LogP contribution in [0.4, 0.5) is 0 Å². The molecule has 0 unspecified atom stereocenters. The van der Waals surface area contributed by atoms with E-state index in [1.807, 2.05) is 6.92 Å². The monoisotopic (exact) mass is 256 g/mol. The smallest absolute Gasteiger partial charge is 0.255 e. The normalized spacial score (nSPS) is 11.4. The van der Waals surface area contributed by atoms with Gasteiger partial charge >= 0.3 is 0 Å². The maximum absolute atomic E-state index is 12.1. The molecule has 1 aromatic heterocycles. The molecule has 0 radical (unpaired) electrons. The first-order valence-corrected chi connectivity index (χ1v) is 5.84. The van der Waals surface area contributed by atoms with Crippen LogP contribution in [0.5, 0.6) is 0 Å². The van der Waals surface area contributed by atoms with Crippen molar-refractivity contribution in [1.82, 2.24) is 9.88 Å². The Balaban J connectivity index is 2.83. The van der Waals surface area contributed by atoms with Crippen LogP contribution in [0.25, 0.3) is 0 Å². The lowest BCUT2D eigenvalue weighted by molar-refractivity contribution is 0.0314. The second kappa shape index (κ2) is 5.47. The van der Waals surface area contributed by atoms with Crippen LogP contribution in [0.3, 0.4) is 0 Å². The molecule has 1 rings (SSSR count). The van der Waals surface area contributed by atoms with Gasteiger partial charge in [-0.05, 0) is 32.9 Å². The SMILES string of the molecule is CCN(CC(C)(C)O)C(=O)c1ccc(Cl)nc1. The van der Waals surface area contributed by atoms with Crippen molar-refractivity contribution in [3.63, 3.8) is 0 Å². The first kappa shape index (κ1) is 13.9. The van der Waals surface area contributed by atoms with E-state index in [0.717, 1.165) is 0 Å². The molecule has 1 amide bonds. The van der Waals surface area contributed by atoms with Crippen LogP contribution in [-0.4, -0.2) is 39.6 Å². The van der Waals surface area contributed by atoms with Crippen molar-refractivity contribution < 1.29 is 9.90 Å². The lowest BCUT2D eigenvalue weighted by Crippen LogP contribution is -2.42. The summed E-state index contributed by atoms with van der Waals surface area (Å²) in [5, 5.41) is 10.1. The van der Waals surface area contributed by atoms with Crippen LogP contribution in [0.2, 0.25) is 5.15 Å². The zero-order valence-electron chi connectivity index (χ0n) is 10.3. The van der Waals surface area contributed by atoms with E-state index in [4.69, 9.17) is 11.6 Å². The minimum Gasteiger partial charge on any atom is -0.389 e. The molecule has 0 aliphatic heterocycles. The maximum atomic E-state index is 12.1. The predicted molar refractivity (Wildman–Crippen MR) is 67.1 cm³/mol. The Kier molecular flexibility index (Phi) is 4.48. The highest BCUT2D eigenvalue weighted by molar-refractivity contribution is 6.29. The van der Waals surface area contributed by atoms with Crippen molar-refractivity contribution in [3.8, 4) is 0 Å². The molecule has 1 heterocycles. The largest absolute Gasteiger partial charge is 0.389 e. The molecule has 1 aromatic rings. The van der Waals surface area contributed by atoms with Crippen molar-refractivity contribution in [2.24, 2.45) is 0 Å². The third-order valence-corrected chi connectivity index (χ3v) is 2.44. The fraction of sp³-hybridized carbons (Fsp3) is 0.500. The highest BCUT2D eigenvalue weighted by atomic mass is 35.5. The Morgan fingerprint density at radius 1 is 1.53 bits per heavy atom. The molecule has 0 saturated carbocycles. The van der Waals surface area contributed by atoms with Gasteiger partial charge in [-0.3, -0.25) is 4.79 Å². The number of pyridine rings is 1. The Morgan fingerprint density at radius 2 is 2.18 bits per heavy atom. The van der Waals surface area contributed by atoms with Crippen molar-refractivity contribution >= 4 is 17.5 Å². The van der Waals surface area contributed by atoms with Crippen molar-refractivity contribution in [1.29, 1.82) is 0 Å². The van der Waals surface area contributed by atoms with Gasteiger partial charge in [-0.2, -0.15) is 0 Å². The number of likely N-dealkylation sites (N-methyl/N-ethyl adjacent to an activating group) is 1. The molecule has 0 bridgehead atoms. The molecule has 4 nitrogen and oxygen atoms in total. The summed E-state index contributed by atoms with van der Waals surface area (Å²) in [5.74, 6) is -0.154. The molecule has 5 heteroatoms. The van der Waals surface area contributed by atoms with Crippen LogP contribution >= 0.6 is 11.6 Å². The molecular weight excluding hydrogens is 240 g/mol. The molecule has 94 valence electrons. The minimum atomic E-state index is -0.911. The highest BCUT2D eigenvalue weighted by Crippen LogP contribution is 2.11. The summed E-state index contributed by atoms with van der Waals surface area (Å²) >= 11 is 5.66. The number of aliphatic hydroxyl groups is 1. The van der Waals surface area contributed by atoms with Crippen molar-refractivity contribution in [2.45, 2.75) is 26.4 Å². The first-order valence-electron chi connectivity index (χ1n) is 5.46. The van der Waals surface area contributed by atoms with E-state index in [1.54, 1.807) is 30.9 Å². The van der Waals surface area contributed by atoms with Gasteiger partial charge < -0.3 is 10.0 Å². The second-order valence-electron chi connectivity index (χ2n) is 4.50. The summed E-state index contributed by atoms with van der Waals surface area (Å²) < 4.78 is 0. The fourth-order valence-electron chi connectivity index (χ4n) is 1.48. The van der Waals surface area contributed by atoms with E-state index in [-0.39, 0.29) is 12.5 Å². The summed E-state index contributed by atoms with van der Waals surface area (Å²) in [5.41, 5.74) is -0.439. The number of hydrogen-bond acceptors (Lipinski definition) is 3. The van der Waals surface area contributed by atoms with Gasteiger partial charge in [-0.15, -0.1) is 0 Å². The Morgan fingerprint density at radius 3 is 2.59 bits per heavy atom. The number of nitrogens with zero attached hydrogens (tertiary/aromatic N) is 2. The zero-order valence-corrected chi connectivity index (χ0v) is 11.0. The molecule has 0 saturated heterocycles. The average molecular weight is 257 g/mol. The molecule has 1 N–H and O–H groups in total. The maximum Gasteiger partial charge on any atom is 0.255 e. The molecule has 0 fully saturated rings. The zero-order chi connectivity index (χ0) is 13.1. The van der Waals surface area contributed by atoms with Gasteiger partial charge in [0.25, 0.3) is 5.91 Å². The lowest BCUT2D eigenvalue weighted by atomic mass is 10.1. The van der Waals surface area contributed by atoms with E-state index in [0.29, 0.717) is 17.3 Å². The van der Waals surface area contributed by atoms with Gasteiger partial charge in [-0.25, -0.2) is 4.98 Å². The van der Waals surface area contributed by atoms with E-state index < -0.39 is 5.60 Å². The van der Waals surface area contributed by atoms with Gasteiger partial charge in [0.15, 0.2) is 0 Å². The van der Waals surface area contributed by atoms with Gasteiger partial charge in [0.1, 0.15) is 5.15 Å². The number of carbonyl (C=O) groups excluding carboxylic acids is 1. The van der Waals surface area contributed by atoms with Gasteiger partial charge in [0.2, 0.25) is 0 Å². The molecular formula is C12H17ClN2O2.